The molecule has 0 bridgehead atoms. The molecule has 0 heterocycles. The average Bonchev–Trinajstić information content (AvgIpc) is 2.76. The van der Waals surface area contributed by atoms with Gasteiger partial charge in [-0.3, -0.25) is 9.59 Å². The molecule has 2 atom stereocenters. The van der Waals surface area contributed by atoms with Crippen LogP contribution in [0.15, 0.2) is 0 Å². The maximum Gasteiger partial charge on any atom is 0.306 e. The number of esters is 2. The number of quaternary nitrogens is 4. The number of likely N-dealkylation sites (N-methyl/N-ethyl adjacent to an activating group) is 2. The van der Waals surface area contributed by atoms with Crippen LogP contribution in [0.3, 0.4) is 0 Å². The summed E-state index contributed by atoms with van der Waals surface area (Å²) in [4.78, 5) is 61.4. The largest absolute Gasteiger partial charge is 0.550 e. The number of rotatable bonds is 14. The summed E-state index contributed by atoms with van der Waals surface area (Å²) >= 11 is 0. The molecular formula is C24H48N4O12. The normalized spacial score (nSPS) is 11.8. The summed E-state index contributed by atoms with van der Waals surface area (Å²) < 4.78 is 11.1. The molecule has 0 aromatic carbocycles. The quantitative estimate of drug-likeness (QED) is 0.142. The highest BCUT2D eigenvalue weighted by atomic mass is 16.5. The van der Waals surface area contributed by atoms with Crippen LogP contribution in [0, 0.1) is 0 Å². The second kappa shape index (κ2) is 23.5. The summed E-state index contributed by atoms with van der Waals surface area (Å²) in [6.07, 6.45) is -1.21. The van der Waals surface area contributed by atoms with Gasteiger partial charge in [0.2, 0.25) is 0 Å². The molecule has 0 saturated heterocycles. The second-order valence-corrected chi connectivity index (χ2v) is 10.3. The smallest absolute Gasteiger partial charge is 0.306 e. The Balaban J connectivity index is -0.000000243. The monoisotopic (exact) mass is 584 g/mol. The number of carbonyl (C=O) groups excluding carboxylic acids is 6. The van der Waals surface area contributed by atoms with Crippen molar-refractivity contribution < 1.29 is 79.1 Å². The second-order valence-electron chi connectivity index (χ2n) is 10.3. The summed E-state index contributed by atoms with van der Waals surface area (Å²) in [5, 5.41) is 39.3. The highest BCUT2D eigenvalue weighted by molar-refractivity contribution is 5.71. The van der Waals surface area contributed by atoms with Crippen LogP contribution < -0.4 is 31.9 Å². The molecule has 0 amide bonds. The van der Waals surface area contributed by atoms with E-state index in [1.165, 1.54) is 0 Å². The third-order valence-electron chi connectivity index (χ3n) is 3.87. The van der Waals surface area contributed by atoms with Crippen molar-refractivity contribution in [1.29, 1.82) is 0 Å². The van der Waals surface area contributed by atoms with E-state index in [4.69, 9.17) is 9.47 Å². The number of hydrogen-bond acceptors (Lipinski definition) is 12. The minimum Gasteiger partial charge on any atom is -0.550 e. The standard InChI is InChI=1S/2C10H19NO4.2C2H5NO2/c2*1-5-10(14)15-8(6-9(12)13)7-11(2,3)4;2*3-1-2(4)5/h2*8H,5-7H2,1-4H3;2*1,3H2,(H,4,5)/t2*8-;;/m10../s1. The predicted molar refractivity (Wildman–Crippen MR) is 131 cm³/mol. The molecule has 40 heavy (non-hydrogen) atoms. The van der Waals surface area contributed by atoms with Crippen LogP contribution in [0.25, 0.3) is 0 Å². The van der Waals surface area contributed by atoms with Crippen molar-refractivity contribution in [1.82, 2.24) is 0 Å². The lowest BCUT2D eigenvalue weighted by Crippen LogP contribution is -2.58. The Kier molecular flexibility index (Phi) is 25.7. The summed E-state index contributed by atoms with van der Waals surface area (Å²) in [6.45, 7) is 3.98. The zero-order chi connectivity index (χ0) is 32.7. The zero-order valence-corrected chi connectivity index (χ0v) is 25.0. The lowest BCUT2D eigenvalue weighted by Gasteiger charge is -2.29. The zero-order valence-electron chi connectivity index (χ0n) is 25.0. The van der Waals surface area contributed by atoms with Crippen molar-refractivity contribution in [3.05, 3.63) is 0 Å². The van der Waals surface area contributed by atoms with E-state index in [1.807, 2.05) is 42.3 Å². The van der Waals surface area contributed by atoms with E-state index >= 15 is 0 Å². The number of carboxylic acid groups (broad SMARTS) is 4. The molecule has 0 fully saturated rings. The molecule has 236 valence electrons. The Morgan fingerprint density at radius 2 is 0.800 bits per heavy atom. The first kappa shape index (κ1) is 43.7. The molecule has 0 aliphatic heterocycles. The third-order valence-corrected chi connectivity index (χ3v) is 3.87. The molecular weight excluding hydrogens is 536 g/mol. The first-order valence-corrected chi connectivity index (χ1v) is 12.4. The molecule has 0 rings (SSSR count). The van der Waals surface area contributed by atoms with Crippen molar-refractivity contribution >= 4 is 35.8 Å². The van der Waals surface area contributed by atoms with Gasteiger partial charge in [0.15, 0.2) is 12.2 Å². The summed E-state index contributed by atoms with van der Waals surface area (Å²) in [5.41, 5.74) is 6.05. The molecule has 6 N–H and O–H groups in total. The molecule has 0 aromatic rings. The fourth-order valence-electron chi connectivity index (χ4n) is 2.42. The van der Waals surface area contributed by atoms with Gasteiger partial charge in [0, 0.05) is 37.6 Å². The van der Waals surface area contributed by atoms with Gasteiger partial charge >= 0.3 is 11.9 Å². The lowest BCUT2D eigenvalue weighted by atomic mass is 10.2. The van der Waals surface area contributed by atoms with Gasteiger partial charge in [-0.05, 0) is 0 Å². The van der Waals surface area contributed by atoms with Gasteiger partial charge in [-0.25, -0.2) is 0 Å². The van der Waals surface area contributed by atoms with Crippen LogP contribution in [0.4, 0.5) is 0 Å². The van der Waals surface area contributed by atoms with Crippen LogP contribution in [0.1, 0.15) is 39.5 Å². The van der Waals surface area contributed by atoms with E-state index in [0.717, 1.165) is 0 Å². The summed E-state index contributed by atoms with van der Waals surface area (Å²) in [6, 6.07) is 0. The van der Waals surface area contributed by atoms with E-state index in [-0.39, 0.29) is 50.7 Å². The number of nitrogens with zero attached hydrogens (tertiary/aromatic N) is 2. The van der Waals surface area contributed by atoms with Gasteiger partial charge in [-0.15, -0.1) is 0 Å². The molecule has 0 radical (unpaired) electrons. The molecule has 0 aromatic heterocycles. The van der Waals surface area contributed by atoms with E-state index in [9.17, 15) is 49.2 Å². The highest BCUT2D eigenvalue weighted by Gasteiger charge is 2.22. The average molecular weight is 585 g/mol. The van der Waals surface area contributed by atoms with E-state index in [2.05, 4.69) is 11.5 Å². The summed E-state index contributed by atoms with van der Waals surface area (Å²) in [7, 11) is 11.4. The summed E-state index contributed by atoms with van der Waals surface area (Å²) in [5.74, 6) is -5.37. The van der Waals surface area contributed by atoms with Gasteiger partial charge in [0.25, 0.3) is 0 Å². The fraction of sp³-hybridized carbons (Fsp3) is 0.750. The maximum atomic E-state index is 11.0. The molecule has 16 nitrogen and oxygen atoms in total. The Labute approximate surface area is 235 Å². The number of carbonyl (C=O) groups is 6. The van der Waals surface area contributed by atoms with Crippen molar-refractivity contribution in [3.63, 3.8) is 0 Å². The van der Waals surface area contributed by atoms with Gasteiger partial charge < -0.3 is 69.5 Å². The number of ether oxygens (including phenoxy) is 2. The number of hydrogen-bond donors (Lipinski definition) is 2. The number of carboxylic acids is 4. The molecule has 0 unspecified atom stereocenters. The van der Waals surface area contributed by atoms with E-state index < -0.39 is 36.1 Å². The Morgan fingerprint density at radius 3 is 0.925 bits per heavy atom. The van der Waals surface area contributed by atoms with Crippen molar-refractivity contribution in [2.24, 2.45) is 0 Å². The predicted octanol–water partition coefficient (Wildman–Crippen LogP) is -7.73. The Hall–Kier alpha value is -3.34. The van der Waals surface area contributed by atoms with Gasteiger partial charge in [-0.2, -0.15) is 0 Å². The van der Waals surface area contributed by atoms with Crippen molar-refractivity contribution in [2.75, 3.05) is 68.5 Å². The minimum absolute atomic E-state index is 0.139. The highest BCUT2D eigenvalue weighted by Crippen LogP contribution is 2.06. The Morgan fingerprint density at radius 1 is 0.575 bits per heavy atom. The van der Waals surface area contributed by atoms with Crippen LogP contribution in [0.5, 0.6) is 0 Å². The minimum atomic E-state index is -1.20. The van der Waals surface area contributed by atoms with Crippen LogP contribution in [-0.2, 0) is 38.2 Å². The van der Waals surface area contributed by atoms with Crippen LogP contribution in [0.2, 0.25) is 0 Å². The number of aliphatic carboxylic acids is 4. The van der Waals surface area contributed by atoms with Crippen molar-refractivity contribution in [2.45, 2.75) is 51.7 Å². The third kappa shape index (κ3) is 41.8. The molecule has 0 aliphatic rings. The SMILES string of the molecule is CCC(=O)O[C@@H](CC(=O)[O-])C[N+](C)(C)C.CCC(=O)O[C@H](CC(=O)[O-])C[N+](C)(C)C.[NH3+]CC(=O)[O-].[NH3+]CC(=O)[O-]. The van der Waals surface area contributed by atoms with Gasteiger partial charge in [0.05, 0.1) is 54.2 Å². The first-order chi connectivity index (χ1) is 18.0. The van der Waals surface area contributed by atoms with E-state index in [1.54, 1.807) is 13.8 Å². The topological polar surface area (TPSA) is 268 Å². The van der Waals surface area contributed by atoms with Crippen LogP contribution in [-0.4, -0.2) is 125 Å². The van der Waals surface area contributed by atoms with Gasteiger partial charge in [0.1, 0.15) is 26.2 Å². The molecule has 0 spiro atoms. The maximum absolute atomic E-state index is 11.0. The van der Waals surface area contributed by atoms with Crippen molar-refractivity contribution in [3.8, 4) is 0 Å². The lowest BCUT2D eigenvalue weighted by molar-refractivity contribution is -0.873. The van der Waals surface area contributed by atoms with E-state index in [0.29, 0.717) is 22.1 Å². The van der Waals surface area contributed by atoms with Crippen LogP contribution >= 0.6 is 0 Å². The fourth-order valence-corrected chi connectivity index (χ4v) is 2.42. The first-order valence-electron chi connectivity index (χ1n) is 12.4. The molecule has 0 aliphatic carbocycles. The molecule has 0 saturated carbocycles. The Bertz CT molecular complexity index is 713. The van der Waals surface area contributed by atoms with Gasteiger partial charge in [-0.1, -0.05) is 13.8 Å². The molecule has 16 heteroatoms.